The Labute approximate surface area is 118 Å². The third kappa shape index (κ3) is 7.17. The minimum atomic E-state index is -0.0845. The van der Waals surface area contributed by atoms with Crippen LogP contribution in [0.5, 0.6) is 0 Å². The predicted molar refractivity (Wildman–Crippen MR) is 72.9 cm³/mol. The van der Waals surface area contributed by atoms with E-state index in [4.69, 9.17) is 15.2 Å². The molecule has 0 aliphatic carbocycles. The third-order valence-electron chi connectivity index (χ3n) is 2.57. The number of aromatic nitrogens is 3. The first-order valence-corrected chi connectivity index (χ1v) is 6.68. The van der Waals surface area contributed by atoms with E-state index in [-0.39, 0.29) is 12.5 Å². The Balaban J connectivity index is 2.00. The number of ether oxygens (including phenoxy) is 2. The van der Waals surface area contributed by atoms with Crippen molar-refractivity contribution in [3.8, 4) is 0 Å². The number of nitrogens with two attached hydrogens (primary N) is 1. The van der Waals surface area contributed by atoms with Crippen molar-refractivity contribution in [3.63, 3.8) is 0 Å². The third-order valence-corrected chi connectivity index (χ3v) is 2.57. The van der Waals surface area contributed by atoms with Gasteiger partial charge in [0.2, 0.25) is 5.91 Å². The molecule has 0 spiro atoms. The Morgan fingerprint density at radius 3 is 2.95 bits per heavy atom. The molecular weight excluding hydrogens is 262 g/mol. The second-order valence-electron chi connectivity index (χ2n) is 4.27. The summed E-state index contributed by atoms with van der Waals surface area (Å²) in [6.07, 6.45) is 3.46. The second kappa shape index (κ2) is 10.3. The van der Waals surface area contributed by atoms with Crippen LogP contribution in [-0.2, 0) is 27.4 Å². The summed E-state index contributed by atoms with van der Waals surface area (Å²) in [5.74, 6) is -0.0845. The average Bonchev–Trinajstić information content (AvgIpc) is 2.89. The molecule has 0 saturated carbocycles. The van der Waals surface area contributed by atoms with E-state index in [9.17, 15) is 4.79 Å². The highest BCUT2D eigenvalue weighted by Gasteiger charge is 2.04. The first-order chi connectivity index (χ1) is 9.76. The van der Waals surface area contributed by atoms with Crippen LogP contribution in [-0.4, -0.2) is 54.4 Å². The Hall–Kier alpha value is -1.51. The Kier molecular flexibility index (Phi) is 8.52. The van der Waals surface area contributed by atoms with Crippen LogP contribution in [0.1, 0.15) is 18.5 Å². The van der Waals surface area contributed by atoms with Gasteiger partial charge < -0.3 is 20.5 Å². The average molecular weight is 285 g/mol. The van der Waals surface area contributed by atoms with Gasteiger partial charge in [-0.2, -0.15) is 0 Å². The van der Waals surface area contributed by atoms with E-state index in [0.29, 0.717) is 38.6 Å². The quantitative estimate of drug-likeness (QED) is 0.521. The van der Waals surface area contributed by atoms with Crippen molar-refractivity contribution in [3.05, 3.63) is 11.9 Å². The molecule has 0 bridgehead atoms. The molecule has 1 heterocycles. The summed E-state index contributed by atoms with van der Waals surface area (Å²) < 4.78 is 11.7. The zero-order chi connectivity index (χ0) is 14.6. The van der Waals surface area contributed by atoms with Crippen molar-refractivity contribution in [1.29, 1.82) is 0 Å². The highest BCUT2D eigenvalue weighted by atomic mass is 16.5. The van der Waals surface area contributed by atoms with Crippen LogP contribution >= 0.6 is 0 Å². The lowest BCUT2D eigenvalue weighted by molar-refractivity contribution is -0.121. The number of carbonyl (C=O) groups excluding carboxylic acids is 1. The van der Waals surface area contributed by atoms with E-state index in [2.05, 4.69) is 15.6 Å². The zero-order valence-electron chi connectivity index (χ0n) is 11.9. The fourth-order valence-corrected chi connectivity index (χ4v) is 1.51. The number of unbranched alkanes of at least 4 members (excludes halogenated alkanes) is 1. The van der Waals surface area contributed by atoms with E-state index < -0.39 is 0 Å². The summed E-state index contributed by atoms with van der Waals surface area (Å²) in [5, 5.41) is 10.4. The summed E-state index contributed by atoms with van der Waals surface area (Å²) in [4.78, 5) is 11.6. The van der Waals surface area contributed by atoms with E-state index in [1.54, 1.807) is 13.3 Å². The van der Waals surface area contributed by atoms with E-state index in [1.807, 2.05) is 0 Å². The number of amides is 1. The van der Waals surface area contributed by atoms with Crippen LogP contribution in [0.4, 0.5) is 0 Å². The highest BCUT2D eigenvalue weighted by molar-refractivity contribution is 5.75. The van der Waals surface area contributed by atoms with Gasteiger partial charge in [-0.1, -0.05) is 5.21 Å². The van der Waals surface area contributed by atoms with Gasteiger partial charge in [-0.05, 0) is 12.8 Å². The largest absolute Gasteiger partial charge is 0.382 e. The van der Waals surface area contributed by atoms with Crippen LogP contribution in [0.25, 0.3) is 0 Å². The van der Waals surface area contributed by atoms with Gasteiger partial charge >= 0.3 is 0 Å². The van der Waals surface area contributed by atoms with Crippen LogP contribution in [0.2, 0.25) is 0 Å². The van der Waals surface area contributed by atoms with Crippen LogP contribution in [0, 0.1) is 0 Å². The number of methoxy groups -OCH3 is 1. The lowest BCUT2D eigenvalue weighted by atomic mass is 10.3. The van der Waals surface area contributed by atoms with Gasteiger partial charge in [0.05, 0.1) is 25.1 Å². The molecule has 0 aliphatic rings. The predicted octanol–water partition coefficient (Wildman–Crippen LogP) is -0.704. The second-order valence-corrected chi connectivity index (χ2v) is 4.27. The SMILES string of the molecule is COCCOCCCCNC(=O)Cn1cc(CN)nn1. The number of rotatable bonds is 11. The summed E-state index contributed by atoms with van der Waals surface area (Å²) in [6.45, 7) is 3.02. The molecule has 1 amide bonds. The van der Waals surface area contributed by atoms with Crippen LogP contribution in [0.15, 0.2) is 6.20 Å². The molecule has 0 aromatic carbocycles. The fourth-order valence-electron chi connectivity index (χ4n) is 1.51. The van der Waals surface area contributed by atoms with Gasteiger partial charge in [0.25, 0.3) is 0 Å². The molecule has 0 fully saturated rings. The number of carbonyl (C=O) groups is 1. The van der Waals surface area contributed by atoms with Crippen molar-refractivity contribution in [2.24, 2.45) is 5.73 Å². The number of nitrogens with one attached hydrogen (secondary N) is 1. The summed E-state index contributed by atoms with van der Waals surface area (Å²) in [6, 6.07) is 0. The molecule has 8 heteroatoms. The molecule has 20 heavy (non-hydrogen) atoms. The van der Waals surface area contributed by atoms with E-state index in [0.717, 1.165) is 12.8 Å². The summed E-state index contributed by atoms with van der Waals surface area (Å²) >= 11 is 0. The number of hydrogen-bond donors (Lipinski definition) is 2. The summed E-state index contributed by atoms with van der Waals surface area (Å²) in [5.41, 5.74) is 6.09. The minimum Gasteiger partial charge on any atom is -0.382 e. The molecular formula is C12H23N5O3. The molecule has 1 rings (SSSR count). The highest BCUT2D eigenvalue weighted by Crippen LogP contribution is 1.92. The van der Waals surface area contributed by atoms with Crippen molar-refractivity contribution in [2.75, 3.05) is 33.5 Å². The lowest BCUT2D eigenvalue weighted by Gasteiger charge is -2.05. The maximum atomic E-state index is 11.6. The van der Waals surface area contributed by atoms with Crippen LogP contribution in [0.3, 0.4) is 0 Å². The normalized spacial score (nSPS) is 10.7. The van der Waals surface area contributed by atoms with Crippen molar-refractivity contribution < 1.29 is 14.3 Å². The topological polar surface area (TPSA) is 104 Å². The van der Waals surface area contributed by atoms with Crippen molar-refractivity contribution in [1.82, 2.24) is 20.3 Å². The first-order valence-electron chi connectivity index (χ1n) is 6.68. The molecule has 1 aromatic rings. The van der Waals surface area contributed by atoms with Gasteiger partial charge in [-0.25, -0.2) is 4.68 Å². The van der Waals surface area contributed by atoms with E-state index in [1.165, 1.54) is 4.68 Å². The lowest BCUT2D eigenvalue weighted by Crippen LogP contribution is -2.28. The smallest absolute Gasteiger partial charge is 0.241 e. The monoisotopic (exact) mass is 285 g/mol. The fraction of sp³-hybridized carbons (Fsp3) is 0.750. The van der Waals surface area contributed by atoms with Gasteiger partial charge in [-0.15, -0.1) is 5.10 Å². The molecule has 0 aliphatic heterocycles. The maximum absolute atomic E-state index is 11.6. The Bertz CT molecular complexity index is 383. The molecule has 3 N–H and O–H groups in total. The van der Waals surface area contributed by atoms with Gasteiger partial charge in [0, 0.05) is 26.8 Å². The molecule has 8 nitrogen and oxygen atoms in total. The molecule has 0 radical (unpaired) electrons. The molecule has 1 aromatic heterocycles. The van der Waals surface area contributed by atoms with Crippen LogP contribution < -0.4 is 11.1 Å². The van der Waals surface area contributed by atoms with E-state index >= 15 is 0 Å². The first kappa shape index (κ1) is 16.5. The minimum absolute atomic E-state index is 0.0845. The molecule has 0 unspecified atom stereocenters. The zero-order valence-corrected chi connectivity index (χ0v) is 11.9. The standard InChI is InChI=1S/C12H23N5O3/c1-19-6-7-20-5-3-2-4-14-12(18)10-17-9-11(8-13)15-16-17/h9H,2-8,10,13H2,1H3,(H,14,18). The molecule has 0 saturated heterocycles. The number of hydrogen-bond acceptors (Lipinski definition) is 6. The molecule has 0 atom stereocenters. The Morgan fingerprint density at radius 1 is 1.40 bits per heavy atom. The summed E-state index contributed by atoms with van der Waals surface area (Å²) in [7, 11) is 1.64. The maximum Gasteiger partial charge on any atom is 0.241 e. The van der Waals surface area contributed by atoms with Gasteiger partial charge in [0.1, 0.15) is 6.54 Å². The van der Waals surface area contributed by atoms with Crippen molar-refractivity contribution >= 4 is 5.91 Å². The van der Waals surface area contributed by atoms with Gasteiger partial charge in [-0.3, -0.25) is 4.79 Å². The Morgan fingerprint density at radius 2 is 2.25 bits per heavy atom. The number of nitrogens with zero attached hydrogens (tertiary/aromatic N) is 3. The van der Waals surface area contributed by atoms with Gasteiger partial charge in [0.15, 0.2) is 0 Å². The molecule has 114 valence electrons. The van der Waals surface area contributed by atoms with Crippen molar-refractivity contribution in [2.45, 2.75) is 25.9 Å².